The molecule has 0 unspecified atom stereocenters. The maximum Gasteiger partial charge on any atom is 0.433 e. The molecule has 12 heteroatoms. The number of aromatic nitrogens is 5. The summed E-state index contributed by atoms with van der Waals surface area (Å²) >= 11 is 0. The normalized spacial score (nSPS) is 12.1. The van der Waals surface area contributed by atoms with E-state index in [1.165, 1.54) is 22.9 Å². The lowest BCUT2D eigenvalue weighted by Gasteiger charge is -2.12. The predicted molar refractivity (Wildman–Crippen MR) is 113 cm³/mol. The Labute approximate surface area is 185 Å². The Kier molecular flexibility index (Phi) is 5.62. The van der Waals surface area contributed by atoms with Crippen molar-refractivity contribution < 1.29 is 21.6 Å². The van der Waals surface area contributed by atoms with Gasteiger partial charge in [-0.15, -0.1) is 0 Å². The summed E-state index contributed by atoms with van der Waals surface area (Å²) in [6.07, 6.45) is 0.608. The molecule has 0 amide bonds. The first-order chi connectivity index (χ1) is 15.5. The Bertz CT molecular complexity index is 1460. The van der Waals surface area contributed by atoms with Crippen LogP contribution in [0.15, 0.2) is 77.1 Å². The quantitative estimate of drug-likeness (QED) is 0.412. The monoisotopic (exact) mass is 475 g/mol. The number of hydrogen-bond donors (Lipinski definition) is 0. The van der Waals surface area contributed by atoms with Crippen molar-refractivity contribution in [1.82, 2.24) is 24.3 Å². The number of nitrogens with zero attached hydrogens (tertiary/aromatic N) is 5. The van der Waals surface area contributed by atoms with Crippen LogP contribution in [0.2, 0.25) is 0 Å². The minimum absolute atomic E-state index is 0.139. The average Bonchev–Trinajstić information content (AvgIpc) is 3.29. The van der Waals surface area contributed by atoms with Crippen LogP contribution in [0, 0.1) is 0 Å². The average molecular weight is 475 g/mol. The molecule has 0 aliphatic rings. The van der Waals surface area contributed by atoms with E-state index < -0.39 is 26.9 Å². The molecule has 0 spiro atoms. The van der Waals surface area contributed by atoms with Crippen molar-refractivity contribution in [2.24, 2.45) is 0 Å². The van der Waals surface area contributed by atoms with Gasteiger partial charge in [0.2, 0.25) is 15.0 Å². The summed E-state index contributed by atoms with van der Waals surface area (Å²) in [5.41, 5.74) is -0.316. The second kappa shape index (κ2) is 8.28. The molecule has 0 atom stereocenters. The molecule has 0 saturated heterocycles. The van der Waals surface area contributed by atoms with Gasteiger partial charge >= 0.3 is 6.18 Å². The maximum atomic E-state index is 13.3. The fourth-order valence-electron chi connectivity index (χ4n) is 3.06. The van der Waals surface area contributed by atoms with Crippen molar-refractivity contribution in [3.8, 4) is 16.9 Å². The van der Waals surface area contributed by atoms with Crippen molar-refractivity contribution in [3.05, 3.63) is 88.7 Å². The predicted octanol–water partition coefficient (Wildman–Crippen LogP) is 2.96. The summed E-state index contributed by atoms with van der Waals surface area (Å²) in [6, 6.07) is 12.1. The molecule has 0 N–H and O–H groups in total. The molecule has 33 heavy (non-hydrogen) atoms. The highest BCUT2D eigenvalue weighted by atomic mass is 32.2. The van der Waals surface area contributed by atoms with Gasteiger partial charge in [0.05, 0.1) is 17.9 Å². The van der Waals surface area contributed by atoms with Crippen LogP contribution >= 0.6 is 0 Å². The maximum absolute atomic E-state index is 13.3. The van der Waals surface area contributed by atoms with Crippen LogP contribution < -0.4 is 5.56 Å². The van der Waals surface area contributed by atoms with E-state index in [2.05, 4.69) is 15.1 Å². The molecule has 3 heterocycles. The molecule has 0 aliphatic heterocycles. The summed E-state index contributed by atoms with van der Waals surface area (Å²) < 4.78 is 66.4. The SMILES string of the molecule is CS(=O)(=O)c1nc(-c2ccc(=O)n(Cc3ccc(-n4cccn4)cc3)c2)cc(C(F)(F)F)n1. The molecule has 0 fully saturated rings. The Morgan fingerprint density at radius 3 is 2.36 bits per heavy atom. The molecule has 4 aromatic rings. The van der Waals surface area contributed by atoms with Gasteiger partial charge in [-0.2, -0.15) is 18.3 Å². The van der Waals surface area contributed by atoms with Crippen LogP contribution in [0.4, 0.5) is 13.2 Å². The zero-order chi connectivity index (χ0) is 23.8. The van der Waals surface area contributed by atoms with E-state index in [4.69, 9.17) is 0 Å². The smallest absolute Gasteiger partial charge is 0.310 e. The zero-order valence-corrected chi connectivity index (χ0v) is 17.9. The molecule has 0 aliphatic carbocycles. The zero-order valence-electron chi connectivity index (χ0n) is 17.1. The van der Waals surface area contributed by atoms with Crippen molar-refractivity contribution in [2.75, 3.05) is 6.26 Å². The summed E-state index contributed by atoms with van der Waals surface area (Å²) in [5.74, 6) is 0. The van der Waals surface area contributed by atoms with E-state index in [-0.39, 0.29) is 23.4 Å². The minimum Gasteiger partial charge on any atom is -0.310 e. The Balaban J connectivity index is 1.71. The van der Waals surface area contributed by atoms with Gasteiger partial charge in [-0.25, -0.2) is 23.1 Å². The molecule has 0 radical (unpaired) electrons. The van der Waals surface area contributed by atoms with Crippen molar-refractivity contribution in [1.29, 1.82) is 0 Å². The molecule has 1 aromatic carbocycles. The lowest BCUT2D eigenvalue weighted by Crippen LogP contribution is -2.19. The third kappa shape index (κ3) is 5.00. The molecular weight excluding hydrogens is 459 g/mol. The standard InChI is InChI=1S/C21H16F3N5O3S/c1-33(31,32)20-26-17(11-18(27-20)21(22,23)24)15-5-8-19(30)28(13-15)12-14-3-6-16(7-4-14)29-10-2-9-25-29/h2-11,13H,12H2,1H3. The molecule has 8 nitrogen and oxygen atoms in total. The second-order valence-electron chi connectivity index (χ2n) is 7.19. The highest BCUT2D eigenvalue weighted by molar-refractivity contribution is 7.90. The van der Waals surface area contributed by atoms with Crippen LogP contribution in [-0.2, 0) is 22.6 Å². The number of alkyl halides is 3. The van der Waals surface area contributed by atoms with Crippen molar-refractivity contribution >= 4 is 9.84 Å². The van der Waals surface area contributed by atoms with Crippen LogP contribution in [0.5, 0.6) is 0 Å². The minimum atomic E-state index is -4.87. The first-order valence-corrected chi connectivity index (χ1v) is 11.4. The van der Waals surface area contributed by atoms with Gasteiger partial charge in [-0.1, -0.05) is 12.1 Å². The van der Waals surface area contributed by atoms with Gasteiger partial charge in [-0.3, -0.25) is 4.79 Å². The number of pyridine rings is 1. The number of halogens is 3. The second-order valence-corrected chi connectivity index (χ2v) is 9.10. The summed E-state index contributed by atoms with van der Waals surface area (Å²) in [6.45, 7) is 0.141. The van der Waals surface area contributed by atoms with E-state index in [9.17, 15) is 26.4 Å². The summed E-state index contributed by atoms with van der Waals surface area (Å²) in [7, 11) is -4.10. The van der Waals surface area contributed by atoms with Gasteiger partial charge in [0.1, 0.15) is 5.69 Å². The summed E-state index contributed by atoms with van der Waals surface area (Å²) in [4.78, 5) is 19.3. The van der Waals surface area contributed by atoms with Crippen LogP contribution in [0.3, 0.4) is 0 Å². The Hall–Kier alpha value is -3.80. The number of sulfone groups is 1. The van der Waals surface area contributed by atoms with Crippen molar-refractivity contribution in [3.63, 3.8) is 0 Å². The third-order valence-corrected chi connectivity index (χ3v) is 5.51. The van der Waals surface area contributed by atoms with Gasteiger partial charge in [0, 0.05) is 36.5 Å². The lowest BCUT2D eigenvalue weighted by molar-refractivity contribution is -0.141. The Morgan fingerprint density at radius 2 is 1.76 bits per heavy atom. The first-order valence-electron chi connectivity index (χ1n) is 9.47. The van der Waals surface area contributed by atoms with Gasteiger partial charge in [-0.05, 0) is 35.9 Å². The molecular formula is C21H16F3N5O3S. The van der Waals surface area contributed by atoms with E-state index in [1.807, 2.05) is 12.1 Å². The van der Waals surface area contributed by atoms with Gasteiger partial charge < -0.3 is 4.57 Å². The molecule has 170 valence electrons. The van der Waals surface area contributed by atoms with Crippen LogP contribution in [0.25, 0.3) is 16.9 Å². The van der Waals surface area contributed by atoms with E-state index in [0.717, 1.165) is 17.5 Å². The van der Waals surface area contributed by atoms with Crippen LogP contribution in [0.1, 0.15) is 11.3 Å². The fraction of sp³-hybridized carbons (Fsp3) is 0.143. The molecule has 3 aromatic heterocycles. The Morgan fingerprint density at radius 1 is 1.03 bits per heavy atom. The number of benzene rings is 1. The van der Waals surface area contributed by atoms with Gasteiger partial charge in [0.25, 0.3) is 5.56 Å². The summed E-state index contributed by atoms with van der Waals surface area (Å²) in [5, 5.41) is 3.19. The fourth-order valence-corrected chi connectivity index (χ4v) is 3.59. The van der Waals surface area contributed by atoms with Crippen LogP contribution in [-0.4, -0.2) is 39.0 Å². The van der Waals surface area contributed by atoms with E-state index in [1.54, 1.807) is 35.3 Å². The number of rotatable bonds is 5. The van der Waals surface area contributed by atoms with Crippen molar-refractivity contribution in [2.45, 2.75) is 17.9 Å². The van der Waals surface area contributed by atoms with E-state index in [0.29, 0.717) is 6.07 Å². The molecule has 0 bridgehead atoms. The topological polar surface area (TPSA) is 99.7 Å². The van der Waals surface area contributed by atoms with E-state index >= 15 is 0 Å². The first kappa shape index (κ1) is 22.4. The number of hydrogen-bond acceptors (Lipinski definition) is 6. The molecule has 4 rings (SSSR count). The van der Waals surface area contributed by atoms with Gasteiger partial charge in [0.15, 0.2) is 0 Å². The highest BCUT2D eigenvalue weighted by Gasteiger charge is 2.35. The highest BCUT2D eigenvalue weighted by Crippen LogP contribution is 2.30. The largest absolute Gasteiger partial charge is 0.433 e. The lowest BCUT2D eigenvalue weighted by atomic mass is 10.1. The third-order valence-electron chi connectivity index (χ3n) is 4.67. The molecule has 0 saturated carbocycles.